The molecule has 0 spiro atoms. The van der Waals surface area contributed by atoms with Crippen LogP contribution in [0.5, 0.6) is 17.2 Å². The third kappa shape index (κ3) is 3.13. The third-order valence-electron chi connectivity index (χ3n) is 3.65. The van der Waals surface area contributed by atoms with E-state index in [9.17, 15) is 0 Å². The molecule has 0 bridgehead atoms. The number of ether oxygens (including phenoxy) is 2. The summed E-state index contributed by atoms with van der Waals surface area (Å²) in [4.78, 5) is 2.18. The van der Waals surface area contributed by atoms with Gasteiger partial charge in [-0.1, -0.05) is 17.7 Å². The van der Waals surface area contributed by atoms with Gasteiger partial charge in [-0.25, -0.2) is 0 Å². The van der Waals surface area contributed by atoms with Crippen LogP contribution >= 0.6 is 11.6 Å². The fourth-order valence-corrected chi connectivity index (χ4v) is 2.65. The maximum atomic E-state index is 6.09. The predicted molar refractivity (Wildman–Crippen MR) is 89.5 cm³/mol. The largest absolute Gasteiger partial charge is 0.489 e. The quantitative estimate of drug-likeness (QED) is 0.932. The van der Waals surface area contributed by atoms with Crippen LogP contribution in [0.3, 0.4) is 0 Å². The van der Waals surface area contributed by atoms with Crippen molar-refractivity contribution in [3.63, 3.8) is 0 Å². The molecule has 5 heteroatoms. The lowest BCUT2D eigenvalue weighted by atomic mass is 10.2. The van der Waals surface area contributed by atoms with Crippen molar-refractivity contribution in [2.24, 2.45) is 0 Å². The Morgan fingerprint density at radius 3 is 2.95 bits per heavy atom. The van der Waals surface area contributed by atoms with Crippen LogP contribution in [0, 0.1) is 0 Å². The number of fused-ring (bicyclic) bond motifs is 1. The lowest BCUT2D eigenvalue weighted by Crippen LogP contribution is -2.28. The van der Waals surface area contributed by atoms with Gasteiger partial charge >= 0.3 is 0 Å². The van der Waals surface area contributed by atoms with Crippen molar-refractivity contribution in [3.05, 3.63) is 47.0 Å². The standard InChI is InChI=1S/C17H19ClN2O2/c1-19-11-12-3-4-13(18)9-16(12)22-14-5-6-15-17(10-14)21-8-7-20(15)2/h3-6,9-10,19H,7-8,11H2,1-2H3. The Bertz CT molecular complexity index is 676. The summed E-state index contributed by atoms with van der Waals surface area (Å²) < 4.78 is 11.7. The van der Waals surface area contributed by atoms with Crippen LogP contribution in [-0.2, 0) is 6.54 Å². The van der Waals surface area contributed by atoms with Gasteiger partial charge < -0.3 is 19.7 Å². The molecule has 1 aliphatic rings. The number of halogens is 1. The molecule has 4 nitrogen and oxygen atoms in total. The third-order valence-corrected chi connectivity index (χ3v) is 3.89. The van der Waals surface area contributed by atoms with Crippen LogP contribution in [-0.4, -0.2) is 27.2 Å². The summed E-state index contributed by atoms with van der Waals surface area (Å²) in [5.41, 5.74) is 2.14. The molecule has 0 radical (unpaired) electrons. The highest BCUT2D eigenvalue weighted by molar-refractivity contribution is 6.30. The van der Waals surface area contributed by atoms with Gasteiger partial charge in [-0.05, 0) is 31.3 Å². The van der Waals surface area contributed by atoms with E-state index in [-0.39, 0.29) is 0 Å². The molecule has 3 rings (SSSR count). The Kier molecular flexibility index (Phi) is 4.41. The molecule has 0 fully saturated rings. The van der Waals surface area contributed by atoms with Crippen LogP contribution < -0.4 is 19.7 Å². The second-order valence-corrected chi connectivity index (χ2v) is 5.72. The number of likely N-dealkylation sites (N-methyl/N-ethyl adjacent to an activating group) is 1. The van der Waals surface area contributed by atoms with Gasteiger partial charge in [-0.2, -0.15) is 0 Å². The number of rotatable bonds is 4. The van der Waals surface area contributed by atoms with Crippen LogP contribution in [0.15, 0.2) is 36.4 Å². The van der Waals surface area contributed by atoms with E-state index in [2.05, 4.69) is 17.3 Å². The highest BCUT2D eigenvalue weighted by atomic mass is 35.5. The second kappa shape index (κ2) is 6.46. The minimum atomic E-state index is 0.656. The predicted octanol–water partition coefficient (Wildman–Crippen LogP) is 3.68. The summed E-state index contributed by atoms with van der Waals surface area (Å²) in [6.07, 6.45) is 0. The first-order valence-corrected chi connectivity index (χ1v) is 7.64. The van der Waals surface area contributed by atoms with Crippen molar-refractivity contribution in [3.8, 4) is 17.2 Å². The van der Waals surface area contributed by atoms with Gasteiger partial charge in [0.25, 0.3) is 0 Å². The average molecular weight is 319 g/mol. The Labute approximate surface area is 135 Å². The summed E-state index contributed by atoms with van der Waals surface area (Å²) in [7, 11) is 3.96. The van der Waals surface area contributed by atoms with Gasteiger partial charge in [0.1, 0.15) is 23.9 Å². The molecule has 0 saturated carbocycles. The van der Waals surface area contributed by atoms with Crippen molar-refractivity contribution in [1.29, 1.82) is 0 Å². The lowest BCUT2D eigenvalue weighted by Gasteiger charge is -2.27. The number of nitrogens with zero attached hydrogens (tertiary/aromatic N) is 1. The summed E-state index contributed by atoms with van der Waals surface area (Å²) >= 11 is 6.09. The minimum absolute atomic E-state index is 0.656. The molecule has 0 amide bonds. The van der Waals surface area contributed by atoms with Gasteiger partial charge in [0.15, 0.2) is 0 Å². The topological polar surface area (TPSA) is 33.7 Å². The number of nitrogens with one attached hydrogen (secondary N) is 1. The normalized spacial score (nSPS) is 13.5. The molecule has 0 unspecified atom stereocenters. The summed E-state index contributed by atoms with van der Waals surface area (Å²) in [5.74, 6) is 2.35. The maximum absolute atomic E-state index is 6.09. The fraction of sp³-hybridized carbons (Fsp3) is 0.294. The molecule has 2 aromatic carbocycles. The van der Waals surface area contributed by atoms with Crippen LogP contribution in [0.4, 0.5) is 5.69 Å². The first-order chi connectivity index (χ1) is 10.7. The van der Waals surface area contributed by atoms with Crippen LogP contribution in [0.1, 0.15) is 5.56 Å². The molecule has 1 N–H and O–H groups in total. The van der Waals surface area contributed by atoms with E-state index >= 15 is 0 Å². The van der Waals surface area contributed by atoms with E-state index in [0.29, 0.717) is 11.6 Å². The number of hydrogen-bond acceptors (Lipinski definition) is 4. The zero-order chi connectivity index (χ0) is 15.5. The first-order valence-electron chi connectivity index (χ1n) is 7.26. The Morgan fingerprint density at radius 1 is 1.27 bits per heavy atom. The van der Waals surface area contributed by atoms with Crippen molar-refractivity contribution in [1.82, 2.24) is 5.32 Å². The van der Waals surface area contributed by atoms with Gasteiger partial charge in [0, 0.05) is 30.2 Å². The molecule has 22 heavy (non-hydrogen) atoms. The van der Waals surface area contributed by atoms with Crippen molar-refractivity contribution < 1.29 is 9.47 Å². The van der Waals surface area contributed by atoms with Crippen LogP contribution in [0.25, 0.3) is 0 Å². The molecular formula is C17H19ClN2O2. The number of benzene rings is 2. The zero-order valence-corrected chi connectivity index (χ0v) is 13.5. The molecular weight excluding hydrogens is 300 g/mol. The van der Waals surface area contributed by atoms with Crippen LogP contribution in [0.2, 0.25) is 5.02 Å². The van der Waals surface area contributed by atoms with E-state index < -0.39 is 0 Å². The number of hydrogen-bond donors (Lipinski definition) is 1. The maximum Gasteiger partial charge on any atom is 0.146 e. The van der Waals surface area contributed by atoms with Gasteiger partial charge in [0.2, 0.25) is 0 Å². The Balaban J connectivity index is 1.89. The zero-order valence-electron chi connectivity index (χ0n) is 12.7. The van der Waals surface area contributed by atoms with E-state index in [4.69, 9.17) is 21.1 Å². The first kappa shape index (κ1) is 15.0. The van der Waals surface area contributed by atoms with Gasteiger partial charge in [0.05, 0.1) is 12.2 Å². The Hall–Kier alpha value is -1.91. The van der Waals surface area contributed by atoms with E-state index in [1.165, 1.54) is 0 Å². The average Bonchev–Trinajstić information content (AvgIpc) is 2.50. The van der Waals surface area contributed by atoms with E-state index in [0.717, 1.165) is 41.6 Å². The van der Waals surface area contributed by atoms with E-state index in [1.54, 1.807) is 0 Å². The van der Waals surface area contributed by atoms with Crippen molar-refractivity contribution in [2.75, 3.05) is 32.1 Å². The summed E-state index contributed by atoms with van der Waals surface area (Å²) in [6, 6.07) is 11.6. The lowest BCUT2D eigenvalue weighted by molar-refractivity contribution is 0.309. The van der Waals surface area contributed by atoms with E-state index in [1.807, 2.05) is 43.4 Å². The molecule has 0 aliphatic carbocycles. The smallest absolute Gasteiger partial charge is 0.146 e. The van der Waals surface area contributed by atoms with Gasteiger partial charge in [-0.15, -0.1) is 0 Å². The number of anilines is 1. The molecule has 0 aromatic heterocycles. The molecule has 2 aromatic rings. The monoisotopic (exact) mass is 318 g/mol. The van der Waals surface area contributed by atoms with Gasteiger partial charge in [-0.3, -0.25) is 0 Å². The molecule has 1 aliphatic heterocycles. The summed E-state index contributed by atoms with van der Waals surface area (Å²) in [5, 5.41) is 3.79. The highest BCUT2D eigenvalue weighted by Crippen LogP contribution is 2.36. The highest BCUT2D eigenvalue weighted by Gasteiger charge is 2.16. The minimum Gasteiger partial charge on any atom is -0.489 e. The molecule has 0 atom stereocenters. The molecule has 1 heterocycles. The Morgan fingerprint density at radius 2 is 2.14 bits per heavy atom. The fourth-order valence-electron chi connectivity index (χ4n) is 2.49. The second-order valence-electron chi connectivity index (χ2n) is 5.28. The SMILES string of the molecule is CNCc1ccc(Cl)cc1Oc1ccc2c(c1)OCCN2C. The van der Waals surface area contributed by atoms with Crippen molar-refractivity contribution in [2.45, 2.75) is 6.54 Å². The summed E-state index contributed by atoms with van der Waals surface area (Å²) in [6.45, 7) is 2.31. The molecule has 0 saturated heterocycles. The van der Waals surface area contributed by atoms with Crippen molar-refractivity contribution >= 4 is 17.3 Å². The molecule has 116 valence electrons.